The van der Waals surface area contributed by atoms with Crippen LogP contribution in [-0.2, 0) is 12.8 Å². The molecule has 2 heterocycles. The molecule has 3 rings (SSSR count). The van der Waals surface area contributed by atoms with Gasteiger partial charge in [-0.3, -0.25) is 15.2 Å². The van der Waals surface area contributed by atoms with Crippen molar-refractivity contribution in [1.29, 1.82) is 5.41 Å². The Morgan fingerprint density at radius 3 is 2.56 bits per heavy atom. The van der Waals surface area contributed by atoms with Gasteiger partial charge in [0.2, 0.25) is 5.55 Å². The van der Waals surface area contributed by atoms with Crippen LogP contribution in [0, 0.1) is 12.3 Å². The van der Waals surface area contributed by atoms with E-state index in [1.807, 2.05) is 0 Å². The Bertz CT molecular complexity index is 1070. The smallest absolute Gasteiger partial charge is 0.416 e. The molecule has 3 N–H and O–H groups in total. The van der Waals surface area contributed by atoms with Crippen molar-refractivity contribution < 1.29 is 27.5 Å². The van der Waals surface area contributed by atoms with E-state index in [0.717, 1.165) is 24.3 Å². The molecule has 1 amide bonds. The highest BCUT2D eigenvalue weighted by atomic mass is 19.4. The van der Waals surface area contributed by atoms with Crippen molar-refractivity contribution in [3.8, 4) is 0 Å². The number of nitrogens with one attached hydrogen (secondary N) is 2. The van der Waals surface area contributed by atoms with Crippen molar-refractivity contribution >= 4 is 22.6 Å². The van der Waals surface area contributed by atoms with Crippen LogP contribution in [0.15, 0.2) is 40.9 Å². The zero-order valence-corrected chi connectivity index (χ0v) is 14.0. The lowest BCUT2D eigenvalue weighted by Gasteiger charge is -2.10. The molecule has 6 nitrogen and oxygen atoms in total. The molecule has 2 aromatic heterocycles. The number of alkyl halides is 3. The largest absolute Gasteiger partial charge is 0.436 e. The number of nitrogens with zero attached hydrogens (tertiary/aromatic N) is 1. The SMILES string of the molecule is Cc1ncc(CO)c2cc(C(=O)Nc3ccc(C(F)(F)F)cc3)c(=N)oc12. The van der Waals surface area contributed by atoms with Crippen molar-refractivity contribution in [1.82, 2.24) is 4.98 Å². The van der Waals surface area contributed by atoms with Crippen LogP contribution in [0.1, 0.15) is 27.2 Å². The summed E-state index contributed by atoms with van der Waals surface area (Å²) in [7, 11) is 0. The lowest BCUT2D eigenvalue weighted by atomic mass is 10.1. The Hall–Kier alpha value is -3.20. The van der Waals surface area contributed by atoms with Gasteiger partial charge in [0.1, 0.15) is 5.56 Å². The maximum absolute atomic E-state index is 12.6. The molecule has 0 saturated heterocycles. The minimum atomic E-state index is -4.47. The monoisotopic (exact) mass is 377 g/mol. The minimum absolute atomic E-state index is 0.123. The zero-order chi connectivity index (χ0) is 19.8. The van der Waals surface area contributed by atoms with Crippen molar-refractivity contribution in [2.24, 2.45) is 0 Å². The van der Waals surface area contributed by atoms with Crippen LogP contribution >= 0.6 is 0 Å². The van der Waals surface area contributed by atoms with Gasteiger partial charge in [0.25, 0.3) is 5.91 Å². The highest BCUT2D eigenvalue weighted by Crippen LogP contribution is 2.30. The average Bonchev–Trinajstić information content (AvgIpc) is 2.61. The van der Waals surface area contributed by atoms with Gasteiger partial charge < -0.3 is 14.8 Å². The number of fused-ring (bicyclic) bond motifs is 1. The number of halogens is 3. The Balaban J connectivity index is 1.96. The number of hydrogen-bond acceptors (Lipinski definition) is 5. The molecular weight excluding hydrogens is 363 g/mol. The number of aromatic nitrogens is 1. The molecule has 0 unspecified atom stereocenters. The Labute approximate surface area is 150 Å². The second-order valence-corrected chi connectivity index (χ2v) is 5.79. The quantitative estimate of drug-likeness (QED) is 0.652. The van der Waals surface area contributed by atoms with Gasteiger partial charge in [-0.2, -0.15) is 13.2 Å². The van der Waals surface area contributed by atoms with Crippen LogP contribution in [0.4, 0.5) is 18.9 Å². The number of aryl methyl sites for hydroxylation is 1. The molecule has 0 aliphatic carbocycles. The van der Waals surface area contributed by atoms with Crippen LogP contribution in [0.2, 0.25) is 0 Å². The summed E-state index contributed by atoms with van der Waals surface area (Å²) < 4.78 is 43.2. The molecule has 0 spiro atoms. The number of benzene rings is 1. The maximum atomic E-state index is 12.6. The summed E-state index contributed by atoms with van der Waals surface area (Å²) in [6.07, 6.45) is -3.03. The molecule has 140 valence electrons. The van der Waals surface area contributed by atoms with E-state index in [2.05, 4.69) is 10.3 Å². The molecule has 27 heavy (non-hydrogen) atoms. The number of rotatable bonds is 3. The van der Waals surface area contributed by atoms with Crippen molar-refractivity contribution in [2.45, 2.75) is 19.7 Å². The van der Waals surface area contributed by atoms with E-state index in [-0.39, 0.29) is 23.4 Å². The lowest BCUT2D eigenvalue weighted by Crippen LogP contribution is -2.21. The van der Waals surface area contributed by atoms with E-state index in [4.69, 9.17) is 9.83 Å². The van der Waals surface area contributed by atoms with E-state index in [0.29, 0.717) is 16.6 Å². The molecule has 1 aromatic carbocycles. The highest BCUT2D eigenvalue weighted by Gasteiger charge is 2.30. The fourth-order valence-corrected chi connectivity index (χ4v) is 2.53. The third-order valence-electron chi connectivity index (χ3n) is 3.96. The molecular formula is C18H14F3N3O3. The first kappa shape index (κ1) is 18.6. The van der Waals surface area contributed by atoms with Crippen molar-refractivity contribution in [2.75, 3.05) is 5.32 Å². The first-order valence-corrected chi connectivity index (χ1v) is 7.77. The molecule has 9 heteroatoms. The maximum Gasteiger partial charge on any atom is 0.416 e. The third-order valence-corrected chi connectivity index (χ3v) is 3.96. The number of amides is 1. The van der Waals surface area contributed by atoms with Gasteiger partial charge in [0.15, 0.2) is 5.58 Å². The fraction of sp³-hybridized carbons (Fsp3) is 0.167. The summed E-state index contributed by atoms with van der Waals surface area (Å²) in [4.78, 5) is 16.5. The second kappa shape index (κ2) is 6.84. The highest BCUT2D eigenvalue weighted by molar-refractivity contribution is 6.05. The van der Waals surface area contributed by atoms with Crippen LogP contribution in [-0.4, -0.2) is 16.0 Å². The summed E-state index contributed by atoms with van der Waals surface area (Å²) in [6, 6.07) is 5.33. The van der Waals surface area contributed by atoms with Gasteiger partial charge >= 0.3 is 6.18 Å². The topological polar surface area (TPSA) is 99.2 Å². The van der Waals surface area contributed by atoms with Crippen LogP contribution in [0.3, 0.4) is 0 Å². The van der Waals surface area contributed by atoms with Gasteiger partial charge in [0, 0.05) is 22.8 Å². The predicted molar refractivity (Wildman–Crippen MR) is 89.9 cm³/mol. The molecule has 0 aliphatic rings. The lowest BCUT2D eigenvalue weighted by molar-refractivity contribution is -0.137. The van der Waals surface area contributed by atoms with Gasteiger partial charge in [-0.25, -0.2) is 0 Å². The van der Waals surface area contributed by atoms with E-state index < -0.39 is 23.2 Å². The van der Waals surface area contributed by atoms with E-state index in [1.165, 1.54) is 12.3 Å². The molecule has 0 atom stereocenters. The molecule has 0 aliphatic heterocycles. The van der Waals surface area contributed by atoms with Crippen molar-refractivity contribution in [3.63, 3.8) is 0 Å². The molecule has 3 aromatic rings. The predicted octanol–water partition coefficient (Wildman–Crippen LogP) is 3.38. The first-order valence-electron chi connectivity index (χ1n) is 7.77. The number of aliphatic hydroxyl groups excluding tert-OH is 1. The third kappa shape index (κ3) is 3.68. The Kier molecular flexibility index (Phi) is 4.71. The normalized spacial score (nSPS) is 11.6. The number of carbonyl (C=O) groups is 1. The number of aliphatic hydroxyl groups is 1. The summed E-state index contributed by atoms with van der Waals surface area (Å²) in [5.41, 5.74) is -0.0562. The van der Waals surface area contributed by atoms with Crippen LogP contribution in [0.5, 0.6) is 0 Å². The molecule has 0 saturated carbocycles. The summed E-state index contributed by atoms with van der Waals surface area (Å²) >= 11 is 0. The van der Waals surface area contributed by atoms with E-state index >= 15 is 0 Å². The standard InChI is InChI=1S/C18H14F3N3O3/c1-9-15-13(10(8-25)7-23-9)6-14(16(22)27-15)17(26)24-12-4-2-11(3-5-12)18(19,20)21/h2-7,22,25H,8H2,1H3,(H,24,26). The van der Waals surface area contributed by atoms with E-state index in [1.54, 1.807) is 6.92 Å². The number of pyridine rings is 1. The van der Waals surface area contributed by atoms with Gasteiger partial charge in [-0.15, -0.1) is 0 Å². The van der Waals surface area contributed by atoms with Crippen molar-refractivity contribution in [3.05, 3.63) is 64.5 Å². The van der Waals surface area contributed by atoms with Gasteiger partial charge in [-0.05, 0) is 37.3 Å². The van der Waals surface area contributed by atoms with E-state index in [9.17, 15) is 23.1 Å². The second-order valence-electron chi connectivity index (χ2n) is 5.79. The molecule has 0 fully saturated rings. The van der Waals surface area contributed by atoms with Gasteiger partial charge in [-0.1, -0.05) is 0 Å². The average molecular weight is 377 g/mol. The molecule has 0 radical (unpaired) electrons. The first-order chi connectivity index (χ1) is 12.7. The van der Waals surface area contributed by atoms with Crippen LogP contribution in [0.25, 0.3) is 11.0 Å². The van der Waals surface area contributed by atoms with Gasteiger partial charge in [0.05, 0.1) is 17.9 Å². The fourth-order valence-electron chi connectivity index (χ4n) is 2.53. The minimum Gasteiger partial charge on any atom is -0.436 e. The Morgan fingerprint density at radius 1 is 1.30 bits per heavy atom. The van der Waals surface area contributed by atoms with Crippen LogP contribution < -0.4 is 10.9 Å². The molecule has 0 bridgehead atoms. The number of carbonyl (C=O) groups excluding carboxylic acids is 1. The summed E-state index contributed by atoms with van der Waals surface area (Å²) in [6.45, 7) is 1.32. The summed E-state index contributed by atoms with van der Waals surface area (Å²) in [5, 5.41) is 20.2. The Morgan fingerprint density at radius 2 is 1.96 bits per heavy atom. The number of hydrogen-bond donors (Lipinski definition) is 3. The number of anilines is 1. The zero-order valence-electron chi connectivity index (χ0n) is 14.0. The summed E-state index contributed by atoms with van der Waals surface area (Å²) in [5.74, 6) is -0.719.